The highest BCUT2D eigenvalue weighted by atomic mass is 79.9. The van der Waals surface area contributed by atoms with E-state index in [0.717, 1.165) is 32.8 Å². The van der Waals surface area contributed by atoms with Gasteiger partial charge >= 0.3 is 0 Å². The van der Waals surface area contributed by atoms with Gasteiger partial charge in [-0.25, -0.2) is 4.98 Å². The molecule has 2 nitrogen and oxygen atoms in total. The van der Waals surface area contributed by atoms with E-state index >= 15 is 0 Å². The SMILES string of the molecule is CCc1cc(Oc2ncc(Br)cc2C)ccc1Cl. The summed E-state index contributed by atoms with van der Waals surface area (Å²) in [6.45, 7) is 4.03. The molecule has 0 atom stereocenters. The molecule has 0 aliphatic rings. The predicted octanol–water partition coefficient (Wildman–Crippen LogP) is 5.16. The van der Waals surface area contributed by atoms with E-state index < -0.39 is 0 Å². The summed E-state index contributed by atoms with van der Waals surface area (Å²) >= 11 is 9.45. The standard InChI is InChI=1S/C14H13BrClNO/c1-3-10-7-12(4-5-13(10)16)18-14-9(2)6-11(15)8-17-14/h4-8H,3H2,1-2H3. The van der Waals surface area contributed by atoms with Gasteiger partial charge in [0.15, 0.2) is 0 Å². The van der Waals surface area contributed by atoms with Gasteiger partial charge < -0.3 is 4.74 Å². The van der Waals surface area contributed by atoms with E-state index in [9.17, 15) is 0 Å². The molecule has 1 aromatic carbocycles. The van der Waals surface area contributed by atoms with Gasteiger partial charge in [-0.05, 0) is 59.1 Å². The van der Waals surface area contributed by atoms with Gasteiger partial charge in [0.2, 0.25) is 5.88 Å². The highest BCUT2D eigenvalue weighted by molar-refractivity contribution is 9.10. The van der Waals surface area contributed by atoms with E-state index in [1.807, 2.05) is 31.2 Å². The molecule has 94 valence electrons. The number of aromatic nitrogens is 1. The Balaban J connectivity index is 2.28. The van der Waals surface area contributed by atoms with Gasteiger partial charge in [0.1, 0.15) is 5.75 Å². The Morgan fingerprint density at radius 1 is 1.33 bits per heavy atom. The number of hydrogen-bond donors (Lipinski definition) is 0. The number of aryl methyl sites for hydroxylation is 2. The monoisotopic (exact) mass is 325 g/mol. The van der Waals surface area contributed by atoms with Crippen LogP contribution in [0.25, 0.3) is 0 Å². The lowest BCUT2D eigenvalue weighted by Gasteiger charge is -2.09. The second-order valence-corrected chi connectivity index (χ2v) is 5.31. The molecule has 0 aliphatic heterocycles. The number of nitrogens with zero attached hydrogens (tertiary/aromatic N) is 1. The van der Waals surface area contributed by atoms with Crippen molar-refractivity contribution in [2.24, 2.45) is 0 Å². The van der Waals surface area contributed by atoms with E-state index in [0.29, 0.717) is 5.88 Å². The van der Waals surface area contributed by atoms with E-state index in [-0.39, 0.29) is 0 Å². The second kappa shape index (κ2) is 5.72. The Labute approximate surface area is 120 Å². The minimum absolute atomic E-state index is 0.613. The zero-order valence-corrected chi connectivity index (χ0v) is 12.5. The van der Waals surface area contributed by atoms with Crippen molar-refractivity contribution >= 4 is 27.5 Å². The summed E-state index contributed by atoms with van der Waals surface area (Å²) in [5.74, 6) is 1.37. The summed E-state index contributed by atoms with van der Waals surface area (Å²) in [6.07, 6.45) is 2.60. The molecule has 1 aromatic heterocycles. The summed E-state index contributed by atoms with van der Waals surface area (Å²) in [6, 6.07) is 7.62. The molecule has 2 rings (SSSR count). The summed E-state index contributed by atoms with van der Waals surface area (Å²) in [4.78, 5) is 4.25. The Morgan fingerprint density at radius 3 is 2.78 bits per heavy atom. The van der Waals surface area contributed by atoms with Crippen LogP contribution in [0, 0.1) is 6.92 Å². The molecule has 0 aliphatic carbocycles. The van der Waals surface area contributed by atoms with Gasteiger partial charge in [-0.1, -0.05) is 18.5 Å². The minimum Gasteiger partial charge on any atom is -0.439 e. The smallest absolute Gasteiger partial charge is 0.222 e. The average Bonchev–Trinajstić information content (AvgIpc) is 2.35. The molecule has 1 heterocycles. The molecule has 4 heteroatoms. The predicted molar refractivity (Wildman–Crippen MR) is 77.6 cm³/mol. The maximum Gasteiger partial charge on any atom is 0.222 e. The molecule has 0 N–H and O–H groups in total. The lowest BCUT2D eigenvalue weighted by molar-refractivity contribution is 0.458. The lowest BCUT2D eigenvalue weighted by atomic mass is 10.1. The van der Waals surface area contributed by atoms with E-state index in [1.54, 1.807) is 6.20 Å². The van der Waals surface area contributed by atoms with Crippen molar-refractivity contribution in [2.45, 2.75) is 20.3 Å². The molecular formula is C14H13BrClNO. The van der Waals surface area contributed by atoms with Crippen LogP contribution in [-0.4, -0.2) is 4.98 Å². The number of halogens is 2. The van der Waals surface area contributed by atoms with Gasteiger partial charge in [-0.3, -0.25) is 0 Å². The number of hydrogen-bond acceptors (Lipinski definition) is 2. The van der Waals surface area contributed by atoms with Crippen molar-refractivity contribution < 1.29 is 4.74 Å². The number of rotatable bonds is 3. The topological polar surface area (TPSA) is 22.1 Å². The maximum absolute atomic E-state index is 6.07. The van der Waals surface area contributed by atoms with Crippen LogP contribution in [0.15, 0.2) is 34.9 Å². The summed E-state index contributed by atoms with van der Waals surface area (Å²) in [7, 11) is 0. The Kier molecular flexibility index (Phi) is 4.25. The third-order valence-electron chi connectivity index (χ3n) is 2.61. The highest BCUT2D eigenvalue weighted by Crippen LogP contribution is 2.28. The first-order chi connectivity index (χ1) is 8.60. The fraction of sp³-hybridized carbons (Fsp3) is 0.214. The Bertz CT molecular complexity index is 572. The third-order valence-corrected chi connectivity index (χ3v) is 3.41. The van der Waals surface area contributed by atoms with E-state index in [4.69, 9.17) is 16.3 Å². The zero-order chi connectivity index (χ0) is 13.1. The van der Waals surface area contributed by atoms with Crippen LogP contribution in [0.5, 0.6) is 11.6 Å². The molecule has 18 heavy (non-hydrogen) atoms. The fourth-order valence-electron chi connectivity index (χ4n) is 1.63. The molecule has 0 fully saturated rings. The zero-order valence-electron chi connectivity index (χ0n) is 10.2. The number of benzene rings is 1. The largest absolute Gasteiger partial charge is 0.439 e. The average molecular weight is 327 g/mol. The van der Waals surface area contributed by atoms with Gasteiger partial charge in [0.05, 0.1) is 0 Å². The fourth-order valence-corrected chi connectivity index (χ4v) is 2.33. The van der Waals surface area contributed by atoms with Crippen LogP contribution in [0.2, 0.25) is 5.02 Å². The lowest BCUT2D eigenvalue weighted by Crippen LogP contribution is -1.92. The van der Waals surface area contributed by atoms with Crippen molar-refractivity contribution in [3.05, 3.63) is 51.1 Å². The molecule has 0 saturated heterocycles. The molecule has 0 amide bonds. The quantitative estimate of drug-likeness (QED) is 0.777. The Morgan fingerprint density at radius 2 is 2.11 bits per heavy atom. The molecule has 2 aromatic rings. The Hall–Kier alpha value is -1.06. The van der Waals surface area contributed by atoms with Crippen molar-refractivity contribution in [2.75, 3.05) is 0 Å². The molecule has 0 spiro atoms. The van der Waals surface area contributed by atoms with Crippen LogP contribution in [0.1, 0.15) is 18.1 Å². The minimum atomic E-state index is 0.613. The normalized spacial score (nSPS) is 10.4. The van der Waals surface area contributed by atoms with Crippen molar-refractivity contribution in [1.82, 2.24) is 4.98 Å². The summed E-state index contributed by atoms with van der Waals surface area (Å²) in [5, 5.41) is 0.769. The first-order valence-corrected chi connectivity index (χ1v) is 6.85. The molecule has 0 saturated carbocycles. The number of pyridine rings is 1. The second-order valence-electron chi connectivity index (χ2n) is 3.98. The first-order valence-electron chi connectivity index (χ1n) is 5.68. The van der Waals surface area contributed by atoms with E-state index in [2.05, 4.69) is 27.8 Å². The van der Waals surface area contributed by atoms with Crippen LogP contribution in [-0.2, 0) is 6.42 Å². The van der Waals surface area contributed by atoms with E-state index in [1.165, 1.54) is 0 Å². The van der Waals surface area contributed by atoms with Gasteiger partial charge in [0, 0.05) is 21.3 Å². The molecule has 0 bridgehead atoms. The summed E-state index contributed by atoms with van der Waals surface area (Å²) in [5.41, 5.74) is 2.06. The van der Waals surface area contributed by atoms with Crippen LogP contribution in [0.3, 0.4) is 0 Å². The van der Waals surface area contributed by atoms with Crippen molar-refractivity contribution in [3.63, 3.8) is 0 Å². The summed E-state index contributed by atoms with van der Waals surface area (Å²) < 4.78 is 6.71. The molecule has 0 unspecified atom stereocenters. The van der Waals surface area contributed by atoms with Gasteiger partial charge in [0.25, 0.3) is 0 Å². The highest BCUT2D eigenvalue weighted by Gasteiger charge is 2.06. The van der Waals surface area contributed by atoms with Crippen molar-refractivity contribution in [3.8, 4) is 11.6 Å². The van der Waals surface area contributed by atoms with Crippen LogP contribution in [0.4, 0.5) is 0 Å². The number of ether oxygens (including phenoxy) is 1. The third kappa shape index (κ3) is 3.03. The van der Waals surface area contributed by atoms with Gasteiger partial charge in [-0.15, -0.1) is 0 Å². The molecular weight excluding hydrogens is 314 g/mol. The molecule has 0 radical (unpaired) electrons. The van der Waals surface area contributed by atoms with Crippen LogP contribution < -0.4 is 4.74 Å². The van der Waals surface area contributed by atoms with Crippen molar-refractivity contribution in [1.29, 1.82) is 0 Å². The van der Waals surface area contributed by atoms with Gasteiger partial charge in [-0.2, -0.15) is 0 Å². The van der Waals surface area contributed by atoms with Crippen LogP contribution >= 0.6 is 27.5 Å². The maximum atomic E-state index is 6.07. The first kappa shape index (κ1) is 13.4.